The van der Waals surface area contributed by atoms with Gasteiger partial charge in [-0.15, -0.1) is 0 Å². The lowest BCUT2D eigenvalue weighted by molar-refractivity contribution is -0.136. The van der Waals surface area contributed by atoms with Crippen molar-refractivity contribution in [1.29, 1.82) is 0 Å². The molecule has 0 radical (unpaired) electrons. The van der Waals surface area contributed by atoms with E-state index in [0.717, 1.165) is 21.7 Å². The lowest BCUT2D eigenvalue weighted by atomic mass is 10.2. The Morgan fingerprint density at radius 3 is 1.71 bits per heavy atom. The highest BCUT2D eigenvalue weighted by molar-refractivity contribution is 7.73. The number of benzene rings is 2. The van der Waals surface area contributed by atoms with Crippen LogP contribution in [0.2, 0.25) is 0 Å². The molecule has 0 atom stereocenters. The zero-order valence-corrected chi connectivity index (χ0v) is 20.8. The minimum absolute atomic E-state index is 0.105. The molecule has 0 saturated heterocycles. The third kappa shape index (κ3) is 11.5. The molecule has 8 nitrogen and oxygen atoms in total. The quantitative estimate of drug-likeness (QED) is 0.181. The van der Waals surface area contributed by atoms with Crippen LogP contribution in [0.4, 0.5) is 0 Å². The van der Waals surface area contributed by atoms with E-state index in [4.69, 9.17) is 28.4 Å². The van der Waals surface area contributed by atoms with Gasteiger partial charge in [-0.05, 0) is 48.0 Å². The first-order valence-corrected chi connectivity index (χ1v) is 12.6. The average Bonchev–Trinajstić information content (AvgIpc) is 2.84. The molecule has 0 aliphatic rings. The summed E-state index contributed by atoms with van der Waals surface area (Å²) < 4.78 is 31.8. The molecule has 0 fully saturated rings. The molecule has 0 saturated carbocycles. The normalized spacial score (nSPS) is 11.3. The Morgan fingerprint density at radius 2 is 1.26 bits per heavy atom. The number of hydrogen-bond acceptors (Lipinski definition) is 7. The zero-order valence-electron chi connectivity index (χ0n) is 19.9. The summed E-state index contributed by atoms with van der Waals surface area (Å²) in [5.41, 5.74) is 2.03. The van der Waals surface area contributed by atoms with E-state index in [1.807, 2.05) is 24.3 Å². The molecule has 0 bridgehead atoms. The largest absolute Gasteiger partial charge is 0.481 e. The zero-order chi connectivity index (χ0) is 24.4. The van der Waals surface area contributed by atoms with E-state index in [2.05, 4.69) is 24.3 Å². The molecular formula is C25H35O8P. The highest BCUT2D eigenvalue weighted by atomic mass is 31.1. The van der Waals surface area contributed by atoms with Crippen LogP contribution in [0.5, 0.6) is 0 Å². The summed E-state index contributed by atoms with van der Waals surface area (Å²) in [6.07, 6.45) is 0.660. The van der Waals surface area contributed by atoms with Gasteiger partial charge in [-0.1, -0.05) is 36.4 Å². The number of ether oxygens (including phenoxy) is 6. The second-order valence-corrected chi connectivity index (χ2v) is 9.71. The predicted molar refractivity (Wildman–Crippen MR) is 131 cm³/mol. The SMILES string of the molecule is COCCOCOCc1cccc(P(CCC(=O)O)c2cccc(COCOCCOC)c2)c1. The first-order chi connectivity index (χ1) is 16.6. The minimum atomic E-state index is -0.857. The van der Waals surface area contributed by atoms with Crippen molar-refractivity contribution < 1.29 is 38.3 Å². The summed E-state index contributed by atoms with van der Waals surface area (Å²) >= 11 is 0. The predicted octanol–water partition coefficient (Wildman–Crippen LogP) is 2.87. The molecule has 0 amide bonds. The average molecular weight is 495 g/mol. The highest BCUT2D eigenvalue weighted by Gasteiger charge is 2.16. The number of methoxy groups -OCH3 is 2. The van der Waals surface area contributed by atoms with Crippen molar-refractivity contribution >= 4 is 24.5 Å². The Kier molecular flexibility index (Phi) is 14.6. The van der Waals surface area contributed by atoms with Crippen LogP contribution < -0.4 is 10.6 Å². The van der Waals surface area contributed by atoms with E-state index in [9.17, 15) is 9.90 Å². The molecule has 2 aromatic carbocycles. The van der Waals surface area contributed by atoms with Gasteiger partial charge in [0.15, 0.2) is 0 Å². The van der Waals surface area contributed by atoms with Crippen molar-refractivity contribution in [2.75, 3.05) is 60.4 Å². The van der Waals surface area contributed by atoms with Crippen molar-refractivity contribution in [3.05, 3.63) is 59.7 Å². The van der Waals surface area contributed by atoms with E-state index in [-0.39, 0.29) is 20.0 Å². The third-order valence-electron chi connectivity index (χ3n) is 4.73. The maximum atomic E-state index is 11.3. The monoisotopic (exact) mass is 494 g/mol. The highest BCUT2D eigenvalue weighted by Crippen LogP contribution is 2.35. The Balaban J connectivity index is 2.03. The van der Waals surface area contributed by atoms with Crippen molar-refractivity contribution in [2.45, 2.75) is 19.6 Å². The fourth-order valence-corrected chi connectivity index (χ4v) is 5.49. The van der Waals surface area contributed by atoms with Gasteiger partial charge < -0.3 is 33.5 Å². The van der Waals surface area contributed by atoms with E-state index >= 15 is 0 Å². The van der Waals surface area contributed by atoms with Crippen molar-refractivity contribution in [3.63, 3.8) is 0 Å². The summed E-state index contributed by atoms with van der Waals surface area (Å²) in [5, 5.41) is 11.5. The molecule has 1 N–H and O–H groups in total. The van der Waals surface area contributed by atoms with E-state index in [0.29, 0.717) is 45.8 Å². The Morgan fingerprint density at radius 1 is 0.765 bits per heavy atom. The number of carboxylic acid groups (broad SMARTS) is 1. The van der Waals surface area contributed by atoms with Gasteiger partial charge >= 0.3 is 5.97 Å². The van der Waals surface area contributed by atoms with Gasteiger partial charge in [0, 0.05) is 20.6 Å². The van der Waals surface area contributed by atoms with Crippen LogP contribution in [0.3, 0.4) is 0 Å². The fraction of sp³-hybridized carbons (Fsp3) is 0.480. The van der Waals surface area contributed by atoms with Crippen molar-refractivity contribution in [1.82, 2.24) is 0 Å². The molecule has 0 unspecified atom stereocenters. The molecule has 2 aromatic rings. The molecule has 34 heavy (non-hydrogen) atoms. The first-order valence-electron chi connectivity index (χ1n) is 11.1. The topological polar surface area (TPSA) is 92.7 Å². The Hall–Kier alpha value is -1.90. The number of carboxylic acids is 1. The van der Waals surface area contributed by atoms with E-state index < -0.39 is 13.9 Å². The van der Waals surface area contributed by atoms with Gasteiger partial charge in [-0.3, -0.25) is 4.79 Å². The van der Waals surface area contributed by atoms with Crippen LogP contribution in [0.15, 0.2) is 48.5 Å². The van der Waals surface area contributed by atoms with Gasteiger partial charge in [-0.25, -0.2) is 0 Å². The number of carbonyl (C=O) groups is 1. The lowest BCUT2D eigenvalue weighted by Gasteiger charge is -2.20. The summed E-state index contributed by atoms with van der Waals surface area (Å²) in [5.74, 6) is -0.798. The second kappa shape index (κ2) is 17.5. The molecular weight excluding hydrogens is 459 g/mol. The number of aliphatic carboxylic acids is 1. The summed E-state index contributed by atoms with van der Waals surface area (Å²) in [6.45, 7) is 3.24. The van der Waals surface area contributed by atoms with Gasteiger partial charge in [-0.2, -0.15) is 0 Å². The Labute approximate surface area is 202 Å². The van der Waals surface area contributed by atoms with Gasteiger partial charge in [0.1, 0.15) is 13.6 Å². The van der Waals surface area contributed by atoms with Gasteiger partial charge in [0.2, 0.25) is 0 Å². The summed E-state index contributed by atoms with van der Waals surface area (Å²) in [4.78, 5) is 11.3. The smallest absolute Gasteiger partial charge is 0.303 e. The fourth-order valence-electron chi connectivity index (χ4n) is 3.08. The number of hydrogen-bond donors (Lipinski definition) is 1. The van der Waals surface area contributed by atoms with E-state index in [1.165, 1.54) is 0 Å². The van der Waals surface area contributed by atoms with Crippen LogP contribution >= 0.6 is 7.92 Å². The number of rotatable bonds is 19. The van der Waals surface area contributed by atoms with Crippen molar-refractivity contribution in [3.8, 4) is 0 Å². The second-order valence-electron chi connectivity index (χ2n) is 7.37. The maximum absolute atomic E-state index is 11.3. The standard InChI is InChI=1S/C25H35O8P/c1-28-10-12-30-19-32-17-21-5-3-7-23(15-21)34(14-9-25(26)27)24-8-4-6-22(16-24)18-33-20-31-13-11-29-2/h3-8,15-16H,9-14,17-20H2,1-2H3,(H,26,27). The molecule has 0 spiro atoms. The van der Waals surface area contributed by atoms with Crippen LogP contribution in [-0.2, 0) is 46.4 Å². The maximum Gasteiger partial charge on any atom is 0.303 e. The third-order valence-corrected chi connectivity index (χ3v) is 7.20. The molecule has 0 aliphatic carbocycles. The molecule has 0 aliphatic heterocycles. The molecule has 2 rings (SSSR count). The van der Waals surface area contributed by atoms with Crippen LogP contribution in [0.25, 0.3) is 0 Å². The molecule has 0 aromatic heterocycles. The van der Waals surface area contributed by atoms with Gasteiger partial charge in [0.05, 0.1) is 39.6 Å². The van der Waals surface area contributed by atoms with E-state index in [1.54, 1.807) is 14.2 Å². The van der Waals surface area contributed by atoms with Crippen molar-refractivity contribution in [2.24, 2.45) is 0 Å². The van der Waals surface area contributed by atoms with Crippen LogP contribution in [0.1, 0.15) is 17.5 Å². The molecule has 188 valence electrons. The summed E-state index contributed by atoms with van der Waals surface area (Å²) in [6, 6.07) is 16.3. The van der Waals surface area contributed by atoms with Crippen LogP contribution in [-0.4, -0.2) is 71.5 Å². The van der Waals surface area contributed by atoms with Crippen LogP contribution in [0, 0.1) is 0 Å². The van der Waals surface area contributed by atoms with Gasteiger partial charge in [0.25, 0.3) is 0 Å². The molecule has 0 heterocycles. The minimum Gasteiger partial charge on any atom is -0.481 e. The molecule has 9 heteroatoms. The Bertz CT molecular complexity index is 773. The first kappa shape index (κ1) is 28.3. The summed E-state index contributed by atoms with van der Waals surface area (Å²) in [7, 11) is 2.39. The lowest BCUT2D eigenvalue weighted by Crippen LogP contribution is -2.17.